The molecule has 8 heavy (non-hydrogen) atoms. The standard InChI is InChI=1S/C7H17N/c1-4-7(5-2)6(3)8/h6-7H,4-5,8H2,1-3H3. The summed E-state index contributed by atoms with van der Waals surface area (Å²) in [6, 6.07) is 0.380. The molecule has 1 unspecified atom stereocenters. The second kappa shape index (κ2) is 3.90. The van der Waals surface area contributed by atoms with Crippen LogP contribution in [0.2, 0.25) is 0 Å². The molecule has 0 fully saturated rings. The smallest absolute Gasteiger partial charge is 0.00385 e. The fraction of sp³-hybridized carbons (Fsp3) is 1.00. The third-order valence-corrected chi connectivity index (χ3v) is 1.79. The molecule has 0 amide bonds. The lowest BCUT2D eigenvalue weighted by atomic mass is 9.97. The summed E-state index contributed by atoms with van der Waals surface area (Å²) >= 11 is 0. The maximum atomic E-state index is 5.66. The Morgan fingerprint density at radius 2 is 1.62 bits per heavy atom. The van der Waals surface area contributed by atoms with E-state index in [1.165, 1.54) is 12.8 Å². The molecule has 0 aliphatic rings. The molecule has 1 atom stereocenters. The predicted molar refractivity (Wildman–Crippen MR) is 37.7 cm³/mol. The maximum absolute atomic E-state index is 5.66. The van der Waals surface area contributed by atoms with Crippen molar-refractivity contribution in [3.05, 3.63) is 0 Å². The average Bonchev–Trinajstić information content (AvgIpc) is 1.69. The Hall–Kier alpha value is -0.0400. The molecule has 0 radical (unpaired) electrons. The average molecular weight is 115 g/mol. The highest BCUT2D eigenvalue weighted by Crippen LogP contribution is 2.09. The van der Waals surface area contributed by atoms with Gasteiger partial charge in [0, 0.05) is 6.04 Å². The van der Waals surface area contributed by atoms with E-state index in [0.717, 1.165) is 5.92 Å². The van der Waals surface area contributed by atoms with Crippen molar-refractivity contribution >= 4 is 0 Å². The van der Waals surface area contributed by atoms with E-state index in [0.29, 0.717) is 6.04 Å². The summed E-state index contributed by atoms with van der Waals surface area (Å²) in [6.45, 7) is 6.46. The van der Waals surface area contributed by atoms with Crippen molar-refractivity contribution in [3.8, 4) is 0 Å². The maximum Gasteiger partial charge on any atom is 0.00385 e. The van der Waals surface area contributed by atoms with Crippen LogP contribution in [0.3, 0.4) is 0 Å². The topological polar surface area (TPSA) is 26.0 Å². The molecule has 0 aromatic heterocycles. The van der Waals surface area contributed by atoms with Crippen molar-refractivity contribution in [3.63, 3.8) is 0 Å². The zero-order chi connectivity index (χ0) is 6.57. The lowest BCUT2D eigenvalue weighted by molar-refractivity contribution is 0.417. The van der Waals surface area contributed by atoms with Crippen LogP contribution in [0, 0.1) is 5.92 Å². The Balaban J connectivity index is 3.35. The molecule has 0 bridgehead atoms. The van der Waals surface area contributed by atoms with Gasteiger partial charge in [-0.1, -0.05) is 26.7 Å². The predicted octanol–water partition coefficient (Wildman–Crippen LogP) is 1.77. The largest absolute Gasteiger partial charge is 0.328 e. The summed E-state index contributed by atoms with van der Waals surface area (Å²) < 4.78 is 0. The monoisotopic (exact) mass is 115 g/mol. The lowest BCUT2D eigenvalue weighted by Crippen LogP contribution is -2.25. The van der Waals surface area contributed by atoms with Crippen LogP contribution in [0.1, 0.15) is 33.6 Å². The molecular weight excluding hydrogens is 98.1 g/mol. The van der Waals surface area contributed by atoms with Crippen molar-refractivity contribution in [1.82, 2.24) is 0 Å². The number of hydrogen-bond acceptors (Lipinski definition) is 1. The van der Waals surface area contributed by atoms with E-state index in [4.69, 9.17) is 5.73 Å². The zero-order valence-corrected chi connectivity index (χ0v) is 6.15. The molecule has 0 aliphatic carbocycles. The minimum atomic E-state index is 0.380. The first-order valence-corrected chi connectivity index (χ1v) is 3.47. The van der Waals surface area contributed by atoms with Gasteiger partial charge in [0.1, 0.15) is 0 Å². The molecule has 1 nitrogen and oxygen atoms in total. The molecule has 0 rings (SSSR count). The molecular formula is C7H17N. The second-order valence-electron chi connectivity index (χ2n) is 2.44. The van der Waals surface area contributed by atoms with Gasteiger partial charge in [-0.2, -0.15) is 0 Å². The van der Waals surface area contributed by atoms with Crippen LogP contribution < -0.4 is 5.73 Å². The SMILES string of the molecule is CCC(CC)C(C)N. The van der Waals surface area contributed by atoms with E-state index in [9.17, 15) is 0 Å². The normalized spacial score (nSPS) is 14.6. The van der Waals surface area contributed by atoms with Crippen LogP contribution in [-0.4, -0.2) is 6.04 Å². The second-order valence-corrected chi connectivity index (χ2v) is 2.44. The summed E-state index contributed by atoms with van der Waals surface area (Å²) in [5.74, 6) is 0.731. The van der Waals surface area contributed by atoms with Crippen molar-refractivity contribution < 1.29 is 0 Å². The first-order valence-electron chi connectivity index (χ1n) is 3.47. The molecule has 0 heterocycles. The number of hydrogen-bond donors (Lipinski definition) is 1. The van der Waals surface area contributed by atoms with Gasteiger partial charge in [-0.25, -0.2) is 0 Å². The van der Waals surface area contributed by atoms with Crippen LogP contribution in [0.15, 0.2) is 0 Å². The van der Waals surface area contributed by atoms with Crippen molar-refractivity contribution in [1.29, 1.82) is 0 Å². The molecule has 2 N–H and O–H groups in total. The van der Waals surface area contributed by atoms with E-state index < -0.39 is 0 Å². The minimum absolute atomic E-state index is 0.380. The van der Waals surface area contributed by atoms with Crippen LogP contribution in [0.5, 0.6) is 0 Å². The quantitative estimate of drug-likeness (QED) is 0.596. The Morgan fingerprint density at radius 3 is 1.62 bits per heavy atom. The lowest BCUT2D eigenvalue weighted by Gasteiger charge is -2.15. The van der Waals surface area contributed by atoms with Crippen molar-refractivity contribution in [2.45, 2.75) is 39.7 Å². The van der Waals surface area contributed by atoms with Gasteiger partial charge in [0.05, 0.1) is 0 Å². The first kappa shape index (κ1) is 7.96. The van der Waals surface area contributed by atoms with Crippen LogP contribution in [0.4, 0.5) is 0 Å². The fourth-order valence-corrected chi connectivity index (χ4v) is 1.03. The van der Waals surface area contributed by atoms with Gasteiger partial charge in [0.2, 0.25) is 0 Å². The minimum Gasteiger partial charge on any atom is -0.328 e. The fourth-order valence-electron chi connectivity index (χ4n) is 1.03. The zero-order valence-electron chi connectivity index (χ0n) is 6.15. The molecule has 0 saturated carbocycles. The Labute approximate surface area is 52.3 Å². The summed E-state index contributed by atoms with van der Waals surface area (Å²) in [6.07, 6.45) is 2.43. The van der Waals surface area contributed by atoms with Gasteiger partial charge in [0.15, 0.2) is 0 Å². The number of nitrogens with two attached hydrogens (primary N) is 1. The molecule has 0 saturated heterocycles. The summed E-state index contributed by atoms with van der Waals surface area (Å²) in [5, 5.41) is 0. The molecule has 0 spiro atoms. The van der Waals surface area contributed by atoms with Gasteiger partial charge in [0.25, 0.3) is 0 Å². The Bertz CT molecular complexity index is 46.3. The summed E-state index contributed by atoms with van der Waals surface area (Å²) in [4.78, 5) is 0. The van der Waals surface area contributed by atoms with Crippen LogP contribution in [-0.2, 0) is 0 Å². The Kier molecular flexibility index (Phi) is 3.88. The highest BCUT2D eigenvalue weighted by Gasteiger charge is 2.06. The van der Waals surface area contributed by atoms with Crippen LogP contribution >= 0.6 is 0 Å². The highest BCUT2D eigenvalue weighted by molar-refractivity contribution is 4.63. The molecule has 1 heteroatoms. The molecule has 0 aromatic rings. The van der Waals surface area contributed by atoms with E-state index in [1.807, 2.05) is 0 Å². The van der Waals surface area contributed by atoms with Crippen molar-refractivity contribution in [2.24, 2.45) is 11.7 Å². The summed E-state index contributed by atoms with van der Waals surface area (Å²) in [7, 11) is 0. The molecule has 50 valence electrons. The Morgan fingerprint density at radius 1 is 1.25 bits per heavy atom. The molecule has 0 aromatic carbocycles. The van der Waals surface area contributed by atoms with Gasteiger partial charge >= 0.3 is 0 Å². The van der Waals surface area contributed by atoms with E-state index in [2.05, 4.69) is 20.8 Å². The number of rotatable bonds is 3. The summed E-state index contributed by atoms with van der Waals surface area (Å²) in [5.41, 5.74) is 5.66. The van der Waals surface area contributed by atoms with Gasteiger partial charge in [-0.05, 0) is 12.8 Å². The first-order chi connectivity index (χ1) is 3.72. The highest BCUT2D eigenvalue weighted by atomic mass is 14.6. The van der Waals surface area contributed by atoms with Gasteiger partial charge in [-0.3, -0.25) is 0 Å². The van der Waals surface area contributed by atoms with Gasteiger partial charge in [-0.15, -0.1) is 0 Å². The molecule has 0 aliphatic heterocycles. The third kappa shape index (κ3) is 2.31. The van der Waals surface area contributed by atoms with Crippen LogP contribution in [0.25, 0.3) is 0 Å². The van der Waals surface area contributed by atoms with Crippen molar-refractivity contribution in [2.75, 3.05) is 0 Å². The van der Waals surface area contributed by atoms with Gasteiger partial charge < -0.3 is 5.73 Å². The van der Waals surface area contributed by atoms with E-state index in [1.54, 1.807) is 0 Å². The van der Waals surface area contributed by atoms with E-state index >= 15 is 0 Å². The third-order valence-electron chi connectivity index (χ3n) is 1.79. The van der Waals surface area contributed by atoms with E-state index in [-0.39, 0.29) is 0 Å².